The van der Waals surface area contributed by atoms with E-state index in [0.29, 0.717) is 11.5 Å². The van der Waals surface area contributed by atoms with Crippen molar-refractivity contribution in [3.05, 3.63) is 21.9 Å². The summed E-state index contributed by atoms with van der Waals surface area (Å²) in [5.41, 5.74) is 0.378. The quantitative estimate of drug-likeness (QED) is 0.803. The largest absolute Gasteiger partial charge is 0.310 e. The van der Waals surface area contributed by atoms with Gasteiger partial charge in [0.2, 0.25) is 0 Å². The predicted octanol–water partition coefficient (Wildman–Crippen LogP) is 4.40. The van der Waals surface area contributed by atoms with Gasteiger partial charge in [0, 0.05) is 15.8 Å². The third-order valence-corrected chi connectivity index (χ3v) is 3.98. The summed E-state index contributed by atoms with van der Waals surface area (Å²) in [6.07, 6.45) is 2.35. The van der Waals surface area contributed by atoms with Crippen LogP contribution in [0.25, 0.3) is 0 Å². The summed E-state index contributed by atoms with van der Waals surface area (Å²) in [5.74, 6) is 0. The maximum absolute atomic E-state index is 3.60. The average Bonchev–Trinajstić information content (AvgIpc) is 2.63. The van der Waals surface area contributed by atoms with Gasteiger partial charge in [-0.05, 0) is 36.9 Å². The Hall–Kier alpha value is -0.340. The van der Waals surface area contributed by atoms with Gasteiger partial charge in [-0.15, -0.1) is 11.3 Å². The predicted molar refractivity (Wildman–Crippen MR) is 74.2 cm³/mol. The molecule has 1 rings (SSSR count). The van der Waals surface area contributed by atoms with E-state index in [0.717, 1.165) is 13.0 Å². The molecule has 0 aliphatic rings. The maximum atomic E-state index is 3.60. The molecule has 1 aromatic rings. The van der Waals surface area contributed by atoms with Crippen molar-refractivity contribution in [1.82, 2.24) is 5.32 Å². The van der Waals surface area contributed by atoms with Gasteiger partial charge in [-0.25, -0.2) is 0 Å². The van der Waals surface area contributed by atoms with Gasteiger partial charge in [-0.1, -0.05) is 34.6 Å². The first-order chi connectivity index (χ1) is 7.46. The Morgan fingerprint density at radius 2 is 1.94 bits per heavy atom. The van der Waals surface area contributed by atoms with Crippen LogP contribution in [0.1, 0.15) is 56.8 Å². The molecular weight excluding hydrogens is 214 g/mol. The van der Waals surface area contributed by atoms with Gasteiger partial charge in [0.05, 0.1) is 0 Å². The highest BCUT2D eigenvalue weighted by molar-refractivity contribution is 7.12. The van der Waals surface area contributed by atoms with E-state index < -0.39 is 0 Å². The van der Waals surface area contributed by atoms with Crippen LogP contribution in [-0.4, -0.2) is 6.54 Å². The Balaban J connectivity index is 2.76. The molecule has 1 nitrogen and oxygen atoms in total. The van der Waals surface area contributed by atoms with Crippen molar-refractivity contribution < 1.29 is 0 Å². The van der Waals surface area contributed by atoms with Crippen molar-refractivity contribution in [3.8, 4) is 0 Å². The minimum absolute atomic E-state index is 0.378. The van der Waals surface area contributed by atoms with Crippen molar-refractivity contribution in [1.29, 1.82) is 0 Å². The first kappa shape index (κ1) is 13.7. The summed E-state index contributed by atoms with van der Waals surface area (Å²) in [6, 6.07) is 5.09. The third-order valence-electron chi connectivity index (χ3n) is 2.64. The molecule has 0 spiro atoms. The molecule has 1 unspecified atom stereocenters. The molecule has 0 saturated heterocycles. The fraction of sp³-hybridized carbons (Fsp3) is 0.714. The number of hydrogen-bond donors (Lipinski definition) is 1. The fourth-order valence-corrected chi connectivity index (χ4v) is 2.93. The van der Waals surface area contributed by atoms with Crippen LogP contribution in [-0.2, 0) is 6.42 Å². The lowest BCUT2D eigenvalue weighted by Crippen LogP contribution is -2.24. The normalized spacial score (nSPS) is 14.1. The van der Waals surface area contributed by atoms with E-state index in [1.165, 1.54) is 16.2 Å². The van der Waals surface area contributed by atoms with Crippen molar-refractivity contribution >= 4 is 11.3 Å². The van der Waals surface area contributed by atoms with Crippen LogP contribution in [0.2, 0.25) is 0 Å². The van der Waals surface area contributed by atoms with Crippen LogP contribution >= 0.6 is 11.3 Å². The van der Waals surface area contributed by atoms with Gasteiger partial charge in [0.25, 0.3) is 0 Å². The standard InChI is InChI=1S/C14H25NS/c1-6-11-8-9-13(16-11)12(15-7-2)10-14(3,4)5/h8-9,12,15H,6-7,10H2,1-5H3. The monoisotopic (exact) mass is 239 g/mol. The number of rotatable bonds is 5. The van der Waals surface area contributed by atoms with E-state index in [9.17, 15) is 0 Å². The average molecular weight is 239 g/mol. The van der Waals surface area contributed by atoms with Crippen molar-refractivity contribution in [2.24, 2.45) is 5.41 Å². The van der Waals surface area contributed by atoms with Crippen molar-refractivity contribution in [2.75, 3.05) is 6.54 Å². The molecule has 0 fully saturated rings. The second-order valence-electron chi connectivity index (χ2n) is 5.53. The van der Waals surface area contributed by atoms with E-state index in [4.69, 9.17) is 0 Å². The van der Waals surface area contributed by atoms with E-state index in [-0.39, 0.29) is 0 Å². The van der Waals surface area contributed by atoms with Crippen molar-refractivity contribution in [3.63, 3.8) is 0 Å². The van der Waals surface area contributed by atoms with Gasteiger partial charge in [0.15, 0.2) is 0 Å². The maximum Gasteiger partial charge on any atom is 0.0419 e. The van der Waals surface area contributed by atoms with Crippen LogP contribution in [0.5, 0.6) is 0 Å². The lowest BCUT2D eigenvalue weighted by Gasteiger charge is -2.25. The summed E-state index contributed by atoms with van der Waals surface area (Å²) >= 11 is 1.96. The molecule has 0 bridgehead atoms. The number of thiophene rings is 1. The summed E-state index contributed by atoms with van der Waals surface area (Å²) in [6.45, 7) is 12.4. The lowest BCUT2D eigenvalue weighted by atomic mass is 9.87. The highest BCUT2D eigenvalue weighted by atomic mass is 32.1. The number of hydrogen-bond acceptors (Lipinski definition) is 2. The molecule has 0 saturated carbocycles. The molecule has 1 aromatic heterocycles. The Labute approximate surface area is 104 Å². The summed E-state index contributed by atoms with van der Waals surface area (Å²) in [5, 5.41) is 3.60. The van der Waals surface area contributed by atoms with Crippen LogP contribution < -0.4 is 5.32 Å². The Morgan fingerprint density at radius 1 is 1.25 bits per heavy atom. The molecule has 2 heteroatoms. The van der Waals surface area contributed by atoms with Gasteiger partial charge < -0.3 is 5.32 Å². The molecule has 0 amide bonds. The molecule has 0 aliphatic heterocycles. The highest BCUT2D eigenvalue weighted by Crippen LogP contribution is 2.33. The highest BCUT2D eigenvalue weighted by Gasteiger charge is 2.20. The Bertz CT molecular complexity index is 309. The zero-order chi connectivity index (χ0) is 12.2. The number of nitrogens with one attached hydrogen (secondary N) is 1. The minimum atomic E-state index is 0.378. The molecule has 0 radical (unpaired) electrons. The van der Waals surface area contributed by atoms with E-state index in [2.05, 4.69) is 52.1 Å². The van der Waals surface area contributed by atoms with E-state index in [1.54, 1.807) is 0 Å². The molecule has 0 aromatic carbocycles. The first-order valence-electron chi connectivity index (χ1n) is 6.28. The first-order valence-corrected chi connectivity index (χ1v) is 7.10. The van der Waals surface area contributed by atoms with Crippen LogP contribution in [0.3, 0.4) is 0 Å². The minimum Gasteiger partial charge on any atom is -0.310 e. The molecule has 16 heavy (non-hydrogen) atoms. The third kappa shape index (κ3) is 4.26. The summed E-state index contributed by atoms with van der Waals surface area (Å²) in [4.78, 5) is 2.99. The smallest absolute Gasteiger partial charge is 0.0419 e. The van der Waals surface area contributed by atoms with Gasteiger partial charge in [-0.3, -0.25) is 0 Å². The van der Waals surface area contributed by atoms with Crippen LogP contribution in [0.15, 0.2) is 12.1 Å². The lowest BCUT2D eigenvalue weighted by molar-refractivity contribution is 0.316. The Kier molecular flexibility index (Phi) is 5.00. The van der Waals surface area contributed by atoms with Crippen LogP contribution in [0, 0.1) is 5.41 Å². The van der Waals surface area contributed by atoms with E-state index >= 15 is 0 Å². The summed E-state index contributed by atoms with van der Waals surface area (Å²) < 4.78 is 0. The molecular formula is C14H25NS. The van der Waals surface area contributed by atoms with Gasteiger partial charge in [0.1, 0.15) is 0 Å². The molecule has 1 heterocycles. The van der Waals surface area contributed by atoms with Gasteiger partial charge in [-0.2, -0.15) is 0 Å². The Morgan fingerprint density at radius 3 is 2.38 bits per heavy atom. The second-order valence-corrected chi connectivity index (χ2v) is 6.73. The van der Waals surface area contributed by atoms with Crippen molar-refractivity contribution in [2.45, 2.75) is 53.5 Å². The number of aryl methyl sites for hydroxylation is 1. The SMILES string of the molecule is CCNC(CC(C)(C)C)c1ccc(CC)s1. The summed E-state index contributed by atoms with van der Waals surface area (Å²) in [7, 11) is 0. The van der Waals surface area contributed by atoms with E-state index in [1.807, 2.05) is 11.3 Å². The topological polar surface area (TPSA) is 12.0 Å². The fourth-order valence-electron chi connectivity index (χ4n) is 1.90. The second kappa shape index (κ2) is 5.83. The zero-order valence-electron chi connectivity index (χ0n) is 11.3. The molecule has 92 valence electrons. The van der Waals surface area contributed by atoms with Gasteiger partial charge >= 0.3 is 0 Å². The molecule has 0 aliphatic carbocycles. The van der Waals surface area contributed by atoms with Crippen LogP contribution in [0.4, 0.5) is 0 Å². The zero-order valence-corrected chi connectivity index (χ0v) is 12.1. The molecule has 1 atom stereocenters. The molecule has 1 N–H and O–H groups in total.